The number of aromatic carboxylic acids is 1. The van der Waals surface area contributed by atoms with Gasteiger partial charge in [-0.3, -0.25) is 4.57 Å². The van der Waals surface area contributed by atoms with Gasteiger partial charge in [-0.2, -0.15) is 0 Å². The second kappa shape index (κ2) is 8.27. The Balaban J connectivity index is 2.09. The molecule has 0 amide bonds. The summed E-state index contributed by atoms with van der Waals surface area (Å²) < 4.78 is 18.3. The molecule has 0 aliphatic heterocycles. The summed E-state index contributed by atoms with van der Waals surface area (Å²) >= 11 is 0. The number of ether oxygens (including phenoxy) is 3. The number of rotatable bonds is 7. The van der Waals surface area contributed by atoms with Crippen LogP contribution < -0.4 is 14.2 Å². The number of para-hydroxylation sites is 1. The molecule has 158 valence electrons. The first-order chi connectivity index (χ1) is 15.1. The quantitative estimate of drug-likeness (QED) is 0.480. The van der Waals surface area contributed by atoms with Gasteiger partial charge in [0.1, 0.15) is 22.9 Å². The second-order valence-electron chi connectivity index (χ2n) is 6.28. The molecule has 10 heteroatoms. The van der Waals surface area contributed by atoms with Gasteiger partial charge >= 0.3 is 5.97 Å². The maximum absolute atomic E-state index is 11.5. The number of benzene rings is 1. The summed E-state index contributed by atoms with van der Waals surface area (Å²) in [5.74, 6) is 0.554. The van der Waals surface area contributed by atoms with Crippen molar-refractivity contribution in [1.82, 2.24) is 24.5 Å². The van der Waals surface area contributed by atoms with Crippen molar-refractivity contribution in [3.63, 3.8) is 0 Å². The van der Waals surface area contributed by atoms with Gasteiger partial charge in [0.25, 0.3) is 0 Å². The van der Waals surface area contributed by atoms with Crippen LogP contribution in [0.4, 0.5) is 0 Å². The lowest BCUT2D eigenvalue weighted by molar-refractivity contribution is 0.0690. The Bertz CT molecular complexity index is 1250. The third-order valence-corrected chi connectivity index (χ3v) is 4.46. The summed E-state index contributed by atoms with van der Waals surface area (Å²) in [6, 6.07) is 10.6. The number of hydrogen-bond donors (Lipinski definition) is 1. The molecule has 10 nitrogen and oxygen atoms in total. The smallest absolute Gasteiger partial charge is 0.356 e. The van der Waals surface area contributed by atoms with Crippen LogP contribution in [0, 0.1) is 0 Å². The summed E-state index contributed by atoms with van der Waals surface area (Å²) in [6.07, 6.45) is 1.16. The number of imidazole rings is 1. The van der Waals surface area contributed by atoms with Gasteiger partial charge < -0.3 is 19.3 Å². The van der Waals surface area contributed by atoms with Crippen LogP contribution in [0.5, 0.6) is 17.4 Å². The van der Waals surface area contributed by atoms with Crippen molar-refractivity contribution in [2.24, 2.45) is 0 Å². The fourth-order valence-corrected chi connectivity index (χ4v) is 3.16. The average Bonchev–Trinajstić information content (AvgIpc) is 3.17. The van der Waals surface area contributed by atoms with Gasteiger partial charge in [0, 0.05) is 6.07 Å². The summed E-state index contributed by atoms with van der Waals surface area (Å²) in [5, 5.41) is 9.42. The maximum atomic E-state index is 11.5. The molecule has 0 fully saturated rings. The van der Waals surface area contributed by atoms with Crippen LogP contribution in [0.15, 0.2) is 42.6 Å². The molecule has 0 aliphatic carbocycles. The lowest BCUT2D eigenvalue weighted by Gasteiger charge is -2.16. The van der Waals surface area contributed by atoms with Crippen LogP contribution in [0.1, 0.15) is 17.4 Å². The molecule has 4 aromatic rings. The number of carboxylic acids is 1. The van der Waals surface area contributed by atoms with Crippen molar-refractivity contribution < 1.29 is 24.1 Å². The Labute approximate surface area is 177 Å². The molecule has 0 bridgehead atoms. The molecule has 4 rings (SSSR count). The second-order valence-corrected chi connectivity index (χ2v) is 6.28. The highest BCUT2D eigenvalue weighted by atomic mass is 16.5. The Morgan fingerprint density at radius 1 is 1.03 bits per heavy atom. The Hall–Kier alpha value is -4.21. The summed E-state index contributed by atoms with van der Waals surface area (Å²) in [4.78, 5) is 29.1. The van der Waals surface area contributed by atoms with E-state index in [9.17, 15) is 9.90 Å². The van der Waals surface area contributed by atoms with Crippen LogP contribution in [0.25, 0.3) is 28.5 Å². The van der Waals surface area contributed by atoms with E-state index in [4.69, 9.17) is 14.2 Å². The summed E-state index contributed by atoms with van der Waals surface area (Å²) in [5.41, 5.74) is 1.23. The number of methoxy groups -OCH3 is 2. The summed E-state index contributed by atoms with van der Waals surface area (Å²) in [6.45, 7) is 2.32. The molecule has 0 radical (unpaired) electrons. The number of pyridine rings is 1. The summed E-state index contributed by atoms with van der Waals surface area (Å²) in [7, 11) is 3.05. The molecule has 3 aromatic heterocycles. The van der Waals surface area contributed by atoms with Crippen molar-refractivity contribution in [3.05, 3.63) is 48.3 Å². The van der Waals surface area contributed by atoms with E-state index in [1.54, 1.807) is 41.0 Å². The predicted molar refractivity (Wildman–Crippen MR) is 111 cm³/mol. The highest BCUT2D eigenvalue weighted by Crippen LogP contribution is 2.37. The van der Waals surface area contributed by atoms with E-state index in [0.29, 0.717) is 41.2 Å². The maximum Gasteiger partial charge on any atom is 0.356 e. The third kappa shape index (κ3) is 3.59. The first-order valence-electron chi connectivity index (χ1n) is 9.37. The molecule has 0 saturated carbocycles. The van der Waals surface area contributed by atoms with Gasteiger partial charge in [0.2, 0.25) is 5.88 Å². The number of hydrogen-bond acceptors (Lipinski definition) is 8. The Morgan fingerprint density at radius 2 is 1.74 bits per heavy atom. The van der Waals surface area contributed by atoms with Gasteiger partial charge in [-0.25, -0.2) is 24.7 Å². The standard InChI is InChI=1S/C21H19N5O5/c1-4-31-16-10-5-7-12(23-16)19-25-18-20(24-13(11-22-18)21(27)28)26(19)17-14(29-2)8-6-9-15(17)30-3/h5-11H,4H2,1-3H3,(H,27,28). The minimum Gasteiger partial charge on any atom is -0.494 e. The van der Waals surface area contributed by atoms with Gasteiger partial charge in [0.15, 0.2) is 22.8 Å². The van der Waals surface area contributed by atoms with Crippen molar-refractivity contribution >= 4 is 17.3 Å². The molecule has 0 atom stereocenters. The van der Waals surface area contributed by atoms with Crippen LogP contribution in [0.2, 0.25) is 0 Å². The van der Waals surface area contributed by atoms with E-state index in [1.165, 1.54) is 14.2 Å². The zero-order chi connectivity index (χ0) is 22.0. The minimum atomic E-state index is -1.20. The normalized spacial score (nSPS) is 10.8. The van der Waals surface area contributed by atoms with E-state index < -0.39 is 5.97 Å². The van der Waals surface area contributed by atoms with Crippen LogP contribution in [-0.2, 0) is 0 Å². The average molecular weight is 421 g/mol. The molecule has 1 N–H and O–H groups in total. The van der Waals surface area contributed by atoms with E-state index in [-0.39, 0.29) is 17.0 Å². The molecular weight excluding hydrogens is 402 g/mol. The highest BCUT2D eigenvalue weighted by molar-refractivity contribution is 5.88. The first-order valence-corrected chi connectivity index (χ1v) is 9.37. The molecule has 3 heterocycles. The number of fused-ring (bicyclic) bond motifs is 1. The fourth-order valence-electron chi connectivity index (χ4n) is 3.16. The Kier molecular flexibility index (Phi) is 5.35. The fraction of sp³-hybridized carbons (Fsp3) is 0.190. The van der Waals surface area contributed by atoms with E-state index >= 15 is 0 Å². The van der Waals surface area contributed by atoms with Crippen LogP contribution >= 0.6 is 0 Å². The molecule has 0 spiro atoms. The molecule has 1 aromatic carbocycles. The number of aromatic nitrogens is 5. The zero-order valence-electron chi connectivity index (χ0n) is 17.1. The van der Waals surface area contributed by atoms with Gasteiger partial charge in [-0.15, -0.1) is 0 Å². The topological polar surface area (TPSA) is 121 Å². The van der Waals surface area contributed by atoms with E-state index in [0.717, 1.165) is 6.20 Å². The first kappa shape index (κ1) is 20.1. The molecule has 31 heavy (non-hydrogen) atoms. The van der Waals surface area contributed by atoms with Gasteiger partial charge in [0.05, 0.1) is 27.0 Å². The van der Waals surface area contributed by atoms with Gasteiger partial charge in [-0.1, -0.05) is 12.1 Å². The van der Waals surface area contributed by atoms with Crippen molar-refractivity contribution in [1.29, 1.82) is 0 Å². The largest absolute Gasteiger partial charge is 0.494 e. The van der Waals surface area contributed by atoms with Crippen LogP contribution in [-0.4, -0.2) is 56.4 Å². The monoisotopic (exact) mass is 421 g/mol. The number of carbonyl (C=O) groups is 1. The molecular formula is C21H19N5O5. The Morgan fingerprint density at radius 3 is 2.39 bits per heavy atom. The predicted octanol–water partition coefficient (Wildman–Crippen LogP) is 2.99. The zero-order valence-corrected chi connectivity index (χ0v) is 17.1. The minimum absolute atomic E-state index is 0.218. The molecule has 0 saturated heterocycles. The lowest BCUT2D eigenvalue weighted by Crippen LogP contribution is -2.07. The van der Waals surface area contributed by atoms with Crippen molar-refractivity contribution in [2.75, 3.05) is 20.8 Å². The SMILES string of the molecule is CCOc1cccc(-c2nc3ncc(C(=O)O)nc3n2-c2c(OC)cccc2OC)n1. The number of carboxylic acid groups (broad SMARTS) is 1. The molecule has 0 aliphatic rings. The molecule has 0 unspecified atom stereocenters. The van der Waals surface area contributed by atoms with E-state index in [2.05, 4.69) is 19.9 Å². The van der Waals surface area contributed by atoms with Gasteiger partial charge in [-0.05, 0) is 25.1 Å². The van der Waals surface area contributed by atoms with Crippen molar-refractivity contribution in [3.8, 4) is 34.6 Å². The lowest BCUT2D eigenvalue weighted by atomic mass is 10.2. The van der Waals surface area contributed by atoms with Crippen LogP contribution in [0.3, 0.4) is 0 Å². The highest BCUT2D eigenvalue weighted by Gasteiger charge is 2.24. The third-order valence-electron chi connectivity index (χ3n) is 4.46. The van der Waals surface area contributed by atoms with E-state index in [1.807, 2.05) is 6.92 Å². The number of nitrogens with zero attached hydrogens (tertiary/aromatic N) is 5. The van der Waals surface area contributed by atoms with Crippen molar-refractivity contribution in [2.45, 2.75) is 6.92 Å².